The van der Waals surface area contributed by atoms with Crippen LogP contribution in [0.25, 0.3) is 0 Å². The molecule has 0 unspecified atom stereocenters. The van der Waals surface area contributed by atoms with E-state index in [9.17, 15) is 9.90 Å². The topological polar surface area (TPSA) is 84.3 Å². The summed E-state index contributed by atoms with van der Waals surface area (Å²) in [5.41, 5.74) is -1.65. The first-order chi connectivity index (χ1) is 8.60. The minimum absolute atomic E-state index is 0.443. The molecule has 1 rings (SSSR count). The van der Waals surface area contributed by atoms with Gasteiger partial charge < -0.3 is 15.2 Å². The second-order valence-electron chi connectivity index (χ2n) is 5.52. The molecule has 0 bridgehead atoms. The average Bonchev–Trinajstić information content (AvgIpc) is 2.26. The fourth-order valence-electron chi connectivity index (χ4n) is 1.45. The van der Waals surface area contributed by atoms with E-state index in [1.807, 2.05) is 13.8 Å². The molecule has 6 nitrogen and oxygen atoms in total. The molecule has 1 aromatic heterocycles. The number of carbonyl (C=O) groups is 1. The molecule has 0 fully saturated rings. The number of hydrogen-bond acceptors (Lipinski definition) is 5. The number of nitrogens with zero attached hydrogens (tertiary/aromatic N) is 2. The molecule has 0 aliphatic heterocycles. The van der Waals surface area contributed by atoms with Crippen LogP contribution in [0.5, 0.6) is 5.88 Å². The van der Waals surface area contributed by atoms with Crippen LogP contribution in [-0.4, -0.2) is 33.7 Å². The summed E-state index contributed by atoms with van der Waals surface area (Å²) in [5, 5.41) is 12.5. The van der Waals surface area contributed by atoms with Gasteiger partial charge in [0.1, 0.15) is 11.6 Å². The van der Waals surface area contributed by atoms with E-state index in [2.05, 4.69) is 15.3 Å². The Labute approximate surface area is 113 Å². The number of anilines is 1. The van der Waals surface area contributed by atoms with Gasteiger partial charge in [0.2, 0.25) is 5.88 Å². The quantitative estimate of drug-likeness (QED) is 0.849. The Bertz CT molecular complexity index is 484. The number of nitrogens with one attached hydrogen (secondary N) is 1. The van der Waals surface area contributed by atoms with Crippen molar-refractivity contribution in [2.45, 2.75) is 40.2 Å². The zero-order chi connectivity index (χ0) is 14.8. The van der Waals surface area contributed by atoms with Gasteiger partial charge in [-0.1, -0.05) is 0 Å². The Morgan fingerprint density at radius 1 is 1.32 bits per heavy atom. The summed E-state index contributed by atoms with van der Waals surface area (Å²) in [6.45, 7) is 8.75. The van der Waals surface area contributed by atoms with Crippen molar-refractivity contribution in [2.75, 3.05) is 12.4 Å². The molecule has 0 radical (unpaired) electrons. The van der Waals surface area contributed by atoms with Gasteiger partial charge >= 0.3 is 5.97 Å². The first-order valence-corrected chi connectivity index (χ1v) is 6.01. The highest BCUT2D eigenvalue weighted by molar-refractivity contribution is 5.76. The minimum atomic E-state index is -0.959. The average molecular weight is 267 g/mol. The van der Waals surface area contributed by atoms with E-state index >= 15 is 0 Å². The standard InChI is InChI=1S/C13H21N3O3/c1-8-14-9(7-10(15-8)19-6)16-13(4,5)12(2,3)11(17)18/h7H,1-6H3,(H,17,18)(H,14,15,16). The second-order valence-corrected chi connectivity index (χ2v) is 5.52. The highest BCUT2D eigenvalue weighted by Gasteiger charge is 2.43. The van der Waals surface area contributed by atoms with Crippen LogP contribution in [0.3, 0.4) is 0 Å². The fourth-order valence-corrected chi connectivity index (χ4v) is 1.45. The van der Waals surface area contributed by atoms with Gasteiger partial charge in [-0.05, 0) is 34.6 Å². The van der Waals surface area contributed by atoms with Crippen molar-refractivity contribution in [2.24, 2.45) is 5.41 Å². The van der Waals surface area contributed by atoms with Crippen LogP contribution < -0.4 is 10.1 Å². The maximum Gasteiger partial charge on any atom is 0.311 e. The third-order valence-electron chi connectivity index (χ3n) is 3.56. The highest BCUT2D eigenvalue weighted by Crippen LogP contribution is 2.33. The number of ether oxygens (including phenoxy) is 1. The maximum atomic E-state index is 11.4. The normalized spacial score (nSPS) is 12.1. The number of carboxylic acid groups (broad SMARTS) is 1. The molecule has 0 spiro atoms. The lowest BCUT2D eigenvalue weighted by atomic mass is 9.74. The number of hydrogen-bond donors (Lipinski definition) is 2. The van der Waals surface area contributed by atoms with Crippen molar-refractivity contribution in [1.29, 1.82) is 0 Å². The SMILES string of the molecule is COc1cc(NC(C)(C)C(C)(C)C(=O)O)nc(C)n1. The number of aromatic nitrogens is 2. The largest absolute Gasteiger partial charge is 0.481 e. The van der Waals surface area contributed by atoms with Crippen molar-refractivity contribution in [3.8, 4) is 5.88 Å². The second kappa shape index (κ2) is 5.03. The van der Waals surface area contributed by atoms with Crippen molar-refractivity contribution >= 4 is 11.8 Å². The number of rotatable bonds is 5. The zero-order valence-corrected chi connectivity index (χ0v) is 12.2. The molecular formula is C13H21N3O3. The Kier molecular flexibility index (Phi) is 4.03. The molecule has 2 N–H and O–H groups in total. The van der Waals surface area contributed by atoms with Gasteiger partial charge in [0.05, 0.1) is 12.5 Å². The molecule has 0 aromatic carbocycles. The summed E-state index contributed by atoms with van der Waals surface area (Å²) in [5.74, 6) is 0.677. The van der Waals surface area contributed by atoms with Gasteiger partial charge in [-0.25, -0.2) is 4.98 Å². The van der Waals surface area contributed by atoms with E-state index < -0.39 is 16.9 Å². The molecule has 1 aromatic rings. The summed E-state index contributed by atoms with van der Waals surface area (Å²) < 4.78 is 5.08. The van der Waals surface area contributed by atoms with E-state index in [1.54, 1.807) is 26.8 Å². The van der Waals surface area contributed by atoms with Crippen LogP contribution >= 0.6 is 0 Å². The molecule has 19 heavy (non-hydrogen) atoms. The Morgan fingerprint density at radius 3 is 2.37 bits per heavy atom. The number of aryl methyl sites for hydroxylation is 1. The zero-order valence-electron chi connectivity index (χ0n) is 12.2. The van der Waals surface area contributed by atoms with Gasteiger partial charge in [-0.15, -0.1) is 0 Å². The lowest BCUT2D eigenvalue weighted by molar-refractivity contribution is -0.149. The molecule has 6 heteroatoms. The Morgan fingerprint density at radius 2 is 1.89 bits per heavy atom. The van der Waals surface area contributed by atoms with Crippen LogP contribution in [0.15, 0.2) is 6.07 Å². The van der Waals surface area contributed by atoms with E-state index in [0.717, 1.165) is 0 Å². The molecule has 0 aliphatic carbocycles. The number of carboxylic acids is 1. The lowest BCUT2D eigenvalue weighted by Gasteiger charge is -2.39. The Hall–Kier alpha value is -1.85. The fraction of sp³-hybridized carbons (Fsp3) is 0.615. The predicted octanol–water partition coefficient (Wildman–Crippen LogP) is 2.09. The van der Waals surface area contributed by atoms with Crippen LogP contribution in [0.2, 0.25) is 0 Å². The van der Waals surface area contributed by atoms with Gasteiger partial charge in [-0.2, -0.15) is 4.98 Å². The van der Waals surface area contributed by atoms with Gasteiger partial charge in [0.25, 0.3) is 0 Å². The van der Waals surface area contributed by atoms with Crippen LogP contribution in [0, 0.1) is 12.3 Å². The lowest BCUT2D eigenvalue weighted by Crippen LogP contribution is -2.50. The molecule has 1 heterocycles. The first-order valence-electron chi connectivity index (χ1n) is 6.01. The molecule has 0 saturated heterocycles. The van der Waals surface area contributed by atoms with Crippen LogP contribution in [-0.2, 0) is 4.79 Å². The predicted molar refractivity (Wildman–Crippen MR) is 72.4 cm³/mol. The van der Waals surface area contributed by atoms with Gasteiger partial charge in [0.15, 0.2) is 0 Å². The molecule has 0 atom stereocenters. The summed E-state index contributed by atoms with van der Waals surface area (Å²) in [7, 11) is 1.53. The molecule has 0 aliphatic rings. The Balaban J connectivity index is 3.07. The number of methoxy groups -OCH3 is 1. The third kappa shape index (κ3) is 3.13. The molecule has 0 saturated carbocycles. The van der Waals surface area contributed by atoms with Crippen LogP contribution in [0.1, 0.15) is 33.5 Å². The van der Waals surface area contributed by atoms with Gasteiger partial charge in [0, 0.05) is 11.6 Å². The van der Waals surface area contributed by atoms with E-state index in [0.29, 0.717) is 17.5 Å². The monoisotopic (exact) mass is 267 g/mol. The van der Waals surface area contributed by atoms with E-state index in [1.165, 1.54) is 7.11 Å². The molecular weight excluding hydrogens is 246 g/mol. The van der Waals surface area contributed by atoms with Crippen molar-refractivity contribution in [1.82, 2.24) is 9.97 Å². The summed E-state index contributed by atoms with van der Waals surface area (Å²) in [6, 6.07) is 1.65. The summed E-state index contributed by atoms with van der Waals surface area (Å²) >= 11 is 0. The van der Waals surface area contributed by atoms with Crippen molar-refractivity contribution in [3.63, 3.8) is 0 Å². The molecule has 106 valence electrons. The third-order valence-corrected chi connectivity index (χ3v) is 3.56. The van der Waals surface area contributed by atoms with E-state index in [-0.39, 0.29) is 0 Å². The molecule has 0 amide bonds. The van der Waals surface area contributed by atoms with E-state index in [4.69, 9.17) is 4.74 Å². The first kappa shape index (κ1) is 15.2. The van der Waals surface area contributed by atoms with Crippen molar-refractivity contribution < 1.29 is 14.6 Å². The van der Waals surface area contributed by atoms with Crippen molar-refractivity contribution in [3.05, 3.63) is 11.9 Å². The highest BCUT2D eigenvalue weighted by atomic mass is 16.5. The number of aliphatic carboxylic acids is 1. The summed E-state index contributed by atoms with van der Waals surface area (Å²) in [6.07, 6.45) is 0. The van der Waals surface area contributed by atoms with Gasteiger partial charge in [-0.3, -0.25) is 4.79 Å². The maximum absolute atomic E-state index is 11.4. The summed E-state index contributed by atoms with van der Waals surface area (Å²) in [4.78, 5) is 19.7. The minimum Gasteiger partial charge on any atom is -0.481 e. The van der Waals surface area contributed by atoms with Crippen LogP contribution in [0.4, 0.5) is 5.82 Å². The smallest absolute Gasteiger partial charge is 0.311 e.